The zero-order chi connectivity index (χ0) is 10.8. The van der Waals surface area contributed by atoms with Crippen molar-refractivity contribution in [2.45, 2.75) is 12.5 Å². The summed E-state index contributed by atoms with van der Waals surface area (Å²) in [6.45, 7) is 1.60. The van der Waals surface area contributed by atoms with E-state index in [4.69, 9.17) is 10.5 Å². The number of aromatic nitrogens is 1. The predicted octanol–water partition coefficient (Wildman–Crippen LogP) is 0.861. The first-order valence-electron chi connectivity index (χ1n) is 4.11. The van der Waals surface area contributed by atoms with Gasteiger partial charge in [-0.25, -0.2) is 4.98 Å². The van der Waals surface area contributed by atoms with E-state index in [1.807, 2.05) is 6.07 Å². The summed E-state index contributed by atoms with van der Waals surface area (Å²) >= 11 is 2.15. The van der Waals surface area contributed by atoms with E-state index < -0.39 is 5.54 Å². The second-order valence-electron chi connectivity index (χ2n) is 3.25. The van der Waals surface area contributed by atoms with Crippen molar-refractivity contribution in [2.24, 2.45) is 5.73 Å². The Balaban J connectivity index is 3.30. The third-order valence-corrected chi connectivity index (χ3v) is 2.86. The van der Waals surface area contributed by atoms with Crippen molar-refractivity contribution in [3.8, 4) is 5.88 Å². The number of pyridine rings is 1. The number of hydrogen-bond acceptors (Lipinski definition) is 4. The molecule has 78 valence electrons. The fourth-order valence-electron chi connectivity index (χ4n) is 1.17. The van der Waals surface area contributed by atoms with E-state index in [0.717, 1.165) is 9.13 Å². The second-order valence-corrected chi connectivity index (χ2v) is 4.41. The van der Waals surface area contributed by atoms with Crippen LogP contribution in [0, 0.1) is 3.57 Å². The molecule has 0 aliphatic carbocycles. The molecule has 0 aromatic carbocycles. The molecular formula is C9H13IN2O2. The lowest BCUT2D eigenvalue weighted by Gasteiger charge is -2.24. The normalized spacial score (nSPS) is 14.9. The zero-order valence-corrected chi connectivity index (χ0v) is 10.3. The fraction of sp³-hybridized carbons (Fsp3) is 0.444. The summed E-state index contributed by atoms with van der Waals surface area (Å²) < 4.78 is 6.05. The monoisotopic (exact) mass is 308 g/mol. The van der Waals surface area contributed by atoms with E-state index in [0.29, 0.717) is 5.88 Å². The third kappa shape index (κ3) is 2.15. The van der Waals surface area contributed by atoms with Crippen molar-refractivity contribution >= 4 is 22.6 Å². The van der Waals surface area contributed by atoms with Gasteiger partial charge in [-0.15, -0.1) is 0 Å². The Morgan fingerprint density at radius 3 is 2.86 bits per heavy atom. The number of rotatable bonds is 3. The van der Waals surface area contributed by atoms with Gasteiger partial charge < -0.3 is 15.6 Å². The van der Waals surface area contributed by atoms with Crippen LogP contribution in [0.1, 0.15) is 12.5 Å². The lowest BCUT2D eigenvalue weighted by atomic mass is 9.95. The molecule has 0 bridgehead atoms. The van der Waals surface area contributed by atoms with E-state index in [1.54, 1.807) is 13.1 Å². The molecule has 0 aliphatic heterocycles. The van der Waals surface area contributed by atoms with Crippen LogP contribution in [0.15, 0.2) is 12.3 Å². The molecule has 1 unspecified atom stereocenters. The maximum atomic E-state index is 9.18. The maximum Gasteiger partial charge on any atom is 0.219 e. The van der Waals surface area contributed by atoms with Gasteiger partial charge in [0, 0.05) is 15.3 Å². The van der Waals surface area contributed by atoms with Crippen LogP contribution >= 0.6 is 22.6 Å². The molecule has 1 heterocycles. The second kappa shape index (κ2) is 4.41. The highest BCUT2D eigenvalue weighted by atomic mass is 127. The molecule has 0 amide bonds. The molecule has 1 rings (SSSR count). The number of nitrogens with two attached hydrogens (primary N) is 1. The molecule has 5 heteroatoms. The Kier molecular flexibility index (Phi) is 3.68. The Morgan fingerprint density at radius 2 is 2.36 bits per heavy atom. The van der Waals surface area contributed by atoms with Gasteiger partial charge in [0.1, 0.15) is 0 Å². The van der Waals surface area contributed by atoms with Crippen LogP contribution in [0.25, 0.3) is 0 Å². The molecule has 1 aromatic rings. The number of hydrogen-bond donors (Lipinski definition) is 2. The molecule has 0 saturated carbocycles. The Morgan fingerprint density at radius 1 is 1.71 bits per heavy atom. The van der Waals surface area contributed by atoms with Crippen LogP contribution in [0.3, 0.4) is 0 Å². The highest BCUT2D eigenvalue weighted by molar-refractivity contribution is 14.1. The van der Waals surface area contributed by atoms with Gasteiger partial charge in [-0.2, -0.15) is 0 Å². The first-order chi connectivity index (χ1) is 6.53. The summed E-state index contributed by atoms with van der Waals surface area (Å²) in [5.41, 5.74) is 5.86. The number of aliphatic hydroxyl groups excluding tert-OH is 1. The molecule has 3 N–H and O–H groups in total. The summed E-state index contributed by atoms with van der Waals surface area (Å²) in [6, 6.07) is 1.83. The van der Waals surface area contributed by atoms with Crippen LogP contribution in [0.2, 0.25) is 0 Å². The molecule has 1 aromatic heterocycles. The third-order valence-electron chi connectivity index (χ3n) is 1.96. The Labute approximate surface area is 96.6 Å². The Bertz CT molecular complexity index is 329. The summed E-state index contributed by atoms with van der Waals surface area (Å²) in [5, 5.41) is 9.18. The number of ether oxygens (including phenoxy) is 1. The predicted molar refractivity (Wildman–Crippen MR) is 62.1 cm³/mol. The molecule has 0 spiro atoms. The molecule has 4 nitrogen and oxygen atoms in total. The summed E-state index contributed by atoms with van der Waals surface area (Å²) in [7, 11) is 1.54. The SMILES string of the molecule is COc1nccc(I)c1C(C)(N)CO. The lowest BCUT2D eigenvalue weighted by molar-refractivity contribution is 0.204. The van der Waals surface area contributed by atoms with Crippen LogP contribution < -0.4 is 10.5 Å². The van der Waals surface area contributed by atoms with Crippen molar-refractivity contribution in [3.05, 3.63) is 21.4 Å². The van der Waals surface area contributed by atoms with Crippen LogP contribution in [0.5, 0.6) is 5.88 Å². The van der Waals surface area contributed by atoms with E-state index in [1.165, 1.54) is 7.11 Å². The summed E-state index contributed by atoms with van der Waals surface area (Å²) in [5.74, 6) is 0.468. The van der Waals surface area contributed by atoms with Gasteiger partial charge in [-0.1, -0.05) is 0 Å². The van der Waals surface area contributed by atoms with Crippen molar-refractivity contribution in [1.29, 1.82) is 0 Å². The quantitative estimate of drug-likeness (QED) is 0.813. The van der Waals surface area contributed by atoms with Gasteiger partial charge in [0.25, 0.3) is 0 Å². The number of methoxy groups -OCH3 is 1. The minimum atomic E-state index is -0.823. The van der Waals surface area contributed by atoms with Gasteiger partial charge in [-0.05, 0) is 35.6 Å². The fourth-order valence-corrected chi connectivity index (χ4v) is 2.18. The van der Waals surface area contributed by atoms with E-state index >= 15 is 0 Å². The summed E-state index contributed by atoms with van der Waals surface area (Å²) in [6.07, 6.45) is 1.65. The minimum absolute atomic E-state index is 0.148. The van der Waals surface area contributed by atoms with Gasteiger partial charge in [0.15, 0.2) is 0 Å². The molecule has 0 fully saturated rings. The highest BCUT2D eigenvalue weighted by Gasteiger charge is 2.27. The highest BCUT2D eigenvalue weighted by Crippen LogP contribution is 2.29. The van der Waals surface area contributed by atoms with Gasteiger partial charge in [0.2, 0.25) is 5.88 Å². The van der Waals surface area contributed by atoms with Crippen molar-refractivity contribution < 1.29 is 9.84 Å². The van der Waals surface area contributed by atoms with Crippen molar-refractivity contribution in [3.63, 3.8) is 0 Å². The number of nitrogens with zero attached hydrogens (tertiary/aromatic N) is 1. The number of aliphatic hydroxyl groups is 1. The largest absolute Gasteiger partial charge is 0.481 e. The smallest absolute Gasteiger partial charge is 0.219 e. The molecule has 0 aliphatic rings. The average molecular weight is 308 g/mol. The van der Waals surface area contributed by atoms with E-state index in [9.17, 15) is 5.11 Å². The molecule has 0 radical (unpaired) electrons. The van der Waals surface area contributed by atoms with Crippen molar-refractivity contribution in [2.75, 3.05) is 13.7 Å². The van der Waals surface area contributed by atoms with E-state index in [2.05, 4.69) is 27.6 Å². The molecule has 0 saturated heterocycles. The zero-order valence-electron chi connectivity index (χ0n) is 8.12. The van der Waals surface area contributed by atoms with Crippen LogP contribution in [-0.4, -0.2) is 23.8 Å². The lowest BCUT2D eigenvalue weighted by Crippen LogP contribution is -2.38. The molecular weight excluding hydrogens is 295 g/mol. The topological polar surface area (TPSA) is 68.4 Å². The molecule has 1 atom stereocenters. The summed E-state index contributed by atoms with van der Waals surface area (Å²) in [4.78, 5) is 4.05. The van der Waals surface area contributed by atoms with Crippen LogP contribution in [-0.2, 0) is 5.54 Å². The van der Waals surface area contributed by atoms with Gasteiger partial charge in [-0.3, -0.25) is 0 Å². The average Bonchev–Trinajstić information content (AvgIpc) is 2.17. The van der Waals surface area contributed by atoms with Gasteiger partial charge >= 0.3 is 0 Å². The minimum Gasteiger partial charge on any atom is -0.481 e. The first-order valence-corrected chi connectivity index (χ1v) is 5.19. The van der Waals surface area contributed by atoms with Crippen LogP contribution in [0.4, 0.5) is 0 Å². The standard InChI is InChI=1S/C9H13IN2O2/c1-9(11,5-13)7-6(10)3-4-12-8(7)14-2/h3-4,13H,5,11H2,1-2H3. The van der Waals surface area contributed by atoms with Gasteiger partial charge in [0.05, 0.1) is 19.3 Å². The number of halogens is 1. The molecule has 14 heavy (non-hydrogen) atoms. The van der Waals surface area contributed by atoms with Crippen molar-refractivity contribution in [1.82, 2.24) is 4.98 Å². The van der Waals surface area contributed by atoms with E-state index in [-0.39, 0.29) is 6.61 Å². The Hall–Kier alpha value is -0.400. The maximum absolute atomic E-state index is 9.18. The first kappa shape index (κ1) is 11.7.